The SMILES string of the molecule is O=Cc1cc(CCCCCCCCCC(F)(F)F)cc(Cl)c1O. The summed E-state index contributed by atoms with van der Waals surface area (Å²) in [6.45, 7) is 0. The number of aromatic hydroxyl groups is 1. The number of carbonyl (C=O) groups is 1. The Kier molecular flexibility index (Phi) is 8.45. The minimum absolute atomic E-state index is 0.175. The minimum atomic E-state index is -4.04. The summed E-state index contributed by atoms with van der Waals surface area (Å²) in [4.78, 5) is 10.8. The number of phenols is 1. The highest BCUT2D eigenvalue weighted by Gasteiger charge is 2.25. The standard InChI is InChI=1S/C17H22ClF3O2/c18-15-11-13(10-14(12-22)16(15)23)8-6-4-2-1-3-5-7-9-17(19,20)21/h10-12,23H,1-9H2. The van der Waals surface area contributed by atoms with Gasteiger partial charge in [-0.3, -0.25) is 4.79 Å². The number of hydrogen-bond donors (Lipinski definition) is 1. The van der Waals surface area contributed by atoms with Crippen molar-refractivity contribution in [3.05, 3.63) is 28.3 Å². The maximum absolute atomic E-state index is 12.0. The normalized spacial score (nSPS) is 11.7. The molecule has 0 fully saturated rings. The molecule has 0 aliphatic heterocycles. The first-order chi connectivity index (χ1) is 10.8. The van der Waals surface area contributed by atoms with Gasteiger partial charge in [-0.15, -0.1) is 0 Å². The predicted octanol–water partition coefficient (Wildman–Crippen LogP) is 6.08. The summed E-state index contributed by atoms with van der Waals surface area (Å²) in [6.07, 6.45) is 2.10. The van der Waals surface area contributed by atoms with Crippen molar-refractivity contribution >= 4 is 17.9 Å². The molecule has 0 saturated heterocycles. The van der Waals surface area contributed by atoms with Crippen molar-refractivity contribution < 1.29 is 23.1 Å². The van der Waals surface area contributed by atoms with Crippen LogP contribution in [-0.4, -0.2) is 17.6 Å². The molecule has 0 aliphatic carbocycles. The van der Waals surface area contributed by atoms with E-state index in [1.165, 1.54) is 0 Å². The average Bonchev–Trinajstić information content (AvgIpc) is 2.47. The van der Waals surface area contributed by atoms with E-state index in [2.05, 4.69) is 0 Å². The lowest BCUT2D eigenvalue weighted by Gasteiger charge is -2.07. The lowest BCUT2D eigenvalue weighted by Crippen LogP contribution is -2.06. The van der Waals surface area contributed by atoms with E-state index in [0.717, 1.165) is 44.1 Å². The molecule has 2 nitrogen and oxygen atoms in total. The Morgan fingerprint density at radius 1 is 1.00 bits per heavy atom. The molecule has 0 heterocycles. The van der Waals surface area contributed by atoms with E-state index in [0.29, 0.717) is 12.7 Å². The topological polar surface area (TPSA) is 37.3 Å². The largest absolute Gasteiger partial charge is 0.506 e. The molecule has 1 N–H and O–H groups in total. The van der Waals surface area contributed by atoms with Gasteiger partial charge in [0.1, 0.15) is 5.75 Å². The molecule has 0 atom stereocenters. The van der Waals surface area contributed by atoms with Crippen LogP contribution in [-0.2, 0) is 6.42 Å². The zero-order valence-electron chi connectivity index (χ0n) is 13.0. The van der Waals surface area contributed by atoms with E-state index in [9.17, 15) is 23.1 Å². The smallest absolute Gasteiger partial charge is 0.389 e. The van der Waals surface area contributed by atoms with Crippen LogP contribution in [0.3, 0.4) is 0 Å². The summed E-state index contributed by atoms with van der Waals surface area (Å²) in [5, 5.41) is 9.73. The van der Waals surface area contributed by atoms with Crippen LogP contribution in [0.25, 0.3) is 0 Å². The first-order valence-corrected chi connectivity index (χ1v) is 8.24. The number of hydrogen-bond acceptors (Lipinski definition) is 2. The van der Waals surface area contributed by atoms with Gasteiger partial charge in [-0.05, 0) is 37.0 Å². The van der Waals surface area contributed by atoms with Crippen molar-refractivity contribution in [2.75, 3.05) is 0 Å². The van der Waals surface area contributed by atoms with Crippen molar-refractivity contribution in [2.45, 2.75) is 64.0 Å². The van der Waals surface area contributed by atoms with E-state index in [4.69, 9.17) is 11.6 Å². The molecule has 0 spiro atoms. The van der Waals surface area contributed by atoms with Crippen molar-refractivity contribution in [2.24, 2.45) is 0 Å². The van der Waals surface area contributed by atoms with Gasteiger partial charge < -0.3 is 5.11 Å². The fourth-order valence-electron chi connectivity index (χ4n) is 2.45. The van der Waals surface area contributed by atoms with E-state index in [1.807, 2.05) is 0 Å². The van der Waals surface area contributed by atoms with Crippen LogP contribution in [0.5, 0.6) is 5.75 Å². The lowest BCUT2D eigenvalue weighted by molar-refractivity contribution is -0.135. The highest BCUT2D eigenvalue weighted by Crippen LogP contribution is 2.28. The van der Waals surface area contributed by atoms with Crippen LogP contribution >= 0.6 is 11.6 Å². The van der Waals surface area contributed by atoms with Crippen molar-refractivity contribution in [3.8, 4) is 5.75 Å². The second-order valence-electron chi connectivity index (χ2n) is 5.72. The number of rotatable bonds is 10. The summed E-state index contributed by atoms with van der Waals surface area (Å²) in [6, 6.07) is 3.28. The number of alkyl halides is 3. The Morgan fingerprint density at radius 3 is 2.13 bits per heavy atom. The molecular formula is C17H22ClF3O2. The molecule has 23 heavy (non-hydrogen) atoms. The summed E-state index contributed by atoms with van der Waals surface area (Å²) in [5.74, 6) is -0.190. The van der Waals surface area contributed by atoms with Gasteiger partial charge in [0.25, 0.3) is 0 Å². The number of phenolic OH excluding ortho intramolecular Hbond substituents is 1. The molecule has 1 rings (SSSR count). The van der Waals surface area contributed by atoms with Gasteiger partial charge in [0, 0.05) is 6.42 Å². The Bertz CT molecular complexity index is 501. The Morgan fingerprint density at radius 2 is 1.57 bits per heavy atom. The second kappa shape index (κ2) is 9.81. The van der Waals surface area contributed by atoms with E-state index >= 15 is 0 Å². The van der Waals surface area contributed by atoms with Crippen molar-refractivity contribution in [3.63, 3.8) is 0 Å². The van der Waals surface area contributed by atoms with Crippen LogP contribution < -0.4 is 0 Å². The molecule has 0 aromatic heterocycles. The molecule has 0 aliphatic rings. The van der Waals surface area contributed by atoms with Gasteiger partial charge in [0.15, 0.2) is 6.29 Å². The van der Waals surface area contributed by atoms with Gasteiger partial charge in [0.05, 0.1) is 10.6 Å². The quantitative estimate of drug-likeness (QED) is 0.410. The number of unbranched alkanes of at least 4 members (excludes halogenated alkanes) is 6. The lowest BCUT2D eigenvalue weighted by atomic mass is 10.0. The number of aryl methyl sites for hydroxylation is 1. The molecule has 6 heteroatoms. The van der Waals surface area contributed by atoms with E-state index < -0.39 is 12.6 Å². The third-order valence-electron chi connectivity index (χ3n) is 3.71. The van der Waals surface area contributed by atoms with Gasteiger partial charge in [-0.2, -0.15) is 13.2 Å². The summed E-state index contributed by atoms with van der Waals surface area (Å²) in [5.41, 5.74) is 1.09. The first-order valence-electron chi connectivity index (χ1n) is 7.87. The fraction of sp³-hybridized carbons (Fsp3) is 0.588. The third-order valence-corrected chi connectivity index (χ3v) is 3.99. The van der Waals surface area contributed by atoms with Gasteiger partial charge in [0.2, 0.25) is 0 Å². The summed E-state index contributed by atoms with van der Waals surface area (Å²) in [7, 11) is 0. The molecule has 0 bridgehead atoms. The van der Waals surface area contributed by atoms with Crippen molar-refractivity contribution in [1.82, 2.24) is 0 Å². The molecule has 0 saturated carbocycles. The van der Waals surface area contributed by atoms with Gasteiger partial charge in [-0.25, -0.2) is 0 Å². The zero-order valence-corrected chi connectivity index (χ0v) is 13.7. The molecule has 1 aromatic carbocycles. The predicted molar refractivity (Wildman–Crippen MR) is 85.2 cm³/mol. The number of benzene rings is 1. The van der Waals surface area contributed by atoms with Crippen molar-refractivity contribution in [1.29, 1.82) is 0 Å². The van der Waals surface area contributed by atoms with Gasteiger partial charge >= 0.3 is 6.18 Å². The Labute approximate surface area is 139 Å². The molecule has 130 valence electrons. The zero-order chi connectivity index (χ0) is 17.3. The molecule has 0 radical (unpaired) electrons. The Hall–Kier alpha value is -1.23. The summed E-state index contributed by atoms with van der Waals surface area (Å²) >= 11 is 5.85. The van der Waals surface area contributed by atoms with Crippen LogP contribution in [0, 0.1) is 0 Å². The van der Waals surface area contributed by atoms with Crippen LogP contribution in [0.2, 0.25) is 5.02 Å². The number of carbonyl (C=O) groups excluding carboxylic acids is 1. The monoisotopic (exact) mass is 350 g/mol. The molecule has 1 aromatic rings. The molecular weight excluding hydrogens is 329 g/mol. The fourth-order valence-corrected chi connectivity index (χ4v) is 2.70. The first kappa shape index (κ1) is 19.8. The van der Waals surface area contributed by atoms with E-state index in [-0.39, 0.29) is 22.8 Å². The Balaban J connectivity index is 2.14. The molecule has 0 unspecified atom stereocenters. The number of halogens is 4. The second-order valence-corrected chi connectivity index (χ2v) is 6.13. The minimum Gasteiger partial charge on any atom is -0.506 e. The van der Waals surface area contributed by atoms with E-state index in [1.54, 1.807) is 12.1 Å². The maximum Gasteiger partial charge on any atom is 0.389 e. The highest BCUT2D eigenvalue weighted by molar-refractivity contribution is 6.32. The van der Waals surface area contributed by atoms with Gasteiger partial charge in [-0.1, -0.05) is 43.7 Å². The molecule has 0 amide bonds. The summed E-state index contributed by atoms with van der Waals surface area (Å²) < 4.78 is 35.9. The highest BCUT2D eigenvalue weighted by atomic mass is 35.5. The van der Waals surface area contributed by atoms with Crippen LogP contribution in [0.15, 0.2) is 12.1 Å². The van der Waals surface area contributed by atoms with Crippen LogP contribution in [0.4, 0.5) is 13.2 Å². The third kappa shape index (κ3) is 8.26. The number of aldehydes is 1. The average molecular weight is 351 g/mol. The van der Waals surface area contributed by atoms with Crippen LogP contribution in [0.1, 0.15) is 67.3 Å². The maximum atomic E-state index is 12.0.